The number of nitrogens with zero attached hydrogens (tertiary/aromatic N) is 1. The molecule has 0 bridgehead atoms. The Kier molecular flexibility index (Phi) is 6.04. The van der Waals surface area contributed by atoms with E-state index in [4.69, 9.17) is 9.15 Å². The fraction of sp³-hybridized carbons (Fsp3) is 0.286. The molecule has 1 aromatic heterocycles. The molecule has 142 valence electrons. The summed E-state index contributed by atoms with van der Waals surface area (Å²) in [6.45, 7) is 4.65. The van der Waals surface area contributed by atoms with Gasteiger partial charge in [-0.25, -0.2) is 0 Å². The van der Waals surface area contributed by atoms with Crippen LogP contribution in [0.4, 0.5) is 0 Å². The summed E-state index contributed by atoms with van der Waals surface area (Å²) in [6, 6.07) is 17.8. The van der Waals surface area contributed by atoms with Gasteiger partial charge in [0.1, 0.15) is 18.1 Å². The summed E-state index contributed by atoms with van der Waals surface area (Å²) in [5.74, 6) is 1.74. The van der Waals surface area contributed by atoms with Crippen molar-refractivity contribution >= 4 is 29.1 Å². The zero-order valence-corrected chi connectivity index (χ0v) is 16.0. The first-order valence-corrected chi connectivity index (χ1v) is 8.93. The third-order valence-corrected chi connectivity index (χ3v) is 4.74. The van der Waals surface area contributed by atoms with Crippen molar-refractivity contribution in [3.05, 3.63) is 66.1 Å². The van der Waals surface area contributed by atoms with Gasteiger partial charge in [0, 0.05) is 25.7 Å². The third kappa shape index (κ3) is 4.26. The van der Waals surface area contributed by atoms with E-state index in [1.807, 2.05) is 42.2 Å². The lowest BCUT2D eigenvalue weighted by molar-refractivity contribution is 0.0619. The molecule has 1 fully saturated rings. The highest BCUT2D eigenvalue weighted by atomic mass is 35.5. The first-order valence-electron chi connectivity index (χ1n) is 8.93. The highest BCUT2D eigenvalue weighted by Gasteiger charge is 2.26. The van der Waals surface area contributed by atoms with Crippen molar-refractivity contribution in [1.29, 1.82) is 0 Å². The normalized spacial score (nSPS) is 16.8. The van der Waals surface area contributed by atoms with Gasteiger partial charge < -0.3 is 19.4 Å². The van der Waals surface area contributed by atoms with E-state index in [0.717, 1.165) is 24.2 Å². The summed E-state index contributed by atoms with van der Waals surface area (Å²) in [4.78, 5) is 14.5. The third-order valence-electron chi connectivity index (χ3n) is 4.74. The molecule has 1 N–H and O–H groups in total. The average molecular weight is 387 g/mol. The van der Waals surface area contributed by atoms with E-state index in [0.29, 0.717) is 24.7 Å². The van der Waals surface area contributed by atoms with Crippen LogP contribution in [0.15, 0.2) is 59.0 Å². The Hall–Kier alpha value is -2.50. The molecule has 0 radical (unpaired) electrons. The number of nitrogens with one attached hydrogen (secondary N) is 1. The summed E-state index contributed by atoms with van der Waals surface area (Å²) < 4.78 is 11.6. The molecule has 1 aliphatic rings. The standard InChI is InChI=1S/C21H22N2O3.ClH/c1-15-13-22-10-11-23(15)21(24)20-9-8-19(26-20)14-25-18-7-6-16-4-2-3-5-17(16)12-18;/h2-9,12,15,22H,10-11,13-14H2,1H3;1H. The highest BCUT2D eigenvalue weighted by Crippen LogP contribution is 2.22. The Morgan fingerprint density at radius 3 is 2.81 bits per heavy atom. The number of rotatable bonds is 4. The monoisotopic (exact) mass is 386 g/mol. The average Bonchev–Trinajstić information content (AvgIpc) is 3.15. The molecule has 6 heteroatoms. The molecular formula is C21H23ClN2O3. The summed E-state index contributed by atoms with van der Waals surface area (Å²) >= 11 is 0. The van der Waals surface area contributed by atoms with Crippen molar-refractivity contribution in [2.45, 2.75) is 19.6 Å². The molecule has 1 aliphatic heterocycles. The predicted octanol–water partition coefficient (Wildman–Crippen LogP) is 3.87. The van der Waals surface area contributed by atoms with Crippen molar-refractivity contribution in [3.63, 3.8) is 0 Å². The molecule has 27 heavy (non-hydrogen) atoms. The van der Waals surface area contributed by atoms with Gasteiger partial charge in [-0.1, -0.05) is 30.3 Å². The van der Waals surface area contributed by atoms with Crippen LogP contribution in [0.25, 0.3) is 10.8 Å². The Morgan fingerprint density at radius 1 is 1.19 bits per heavy atom. The van der Waals surface area contributed by atoms with Gasteiger partial charge >= 0.3 is 0 Å². The summed E-state index contributed by atoms with van der Waals surface area (Å²) in [5, 5.41) is 5.59. The number of ether oxygens (including phenoxy) is 1. The predicted molar refractivity (Wildman–Crippen MR) is 108 cm³/mol. The van der Waals surface area contributed by atoms with E-state index in [9.17, 15) is 4.79 Å². The minimum atomic E-state index is -0.0593. The Bertz CT molecular complexity index is 924. The van der Waals surface area contributed by atoms with E-state index in [1.54, 1.807) is 12.1 Å². The van der Waals surface area contributed by atoms with E-state index in [1.165, 1.54) is 5.39 Å². The zero-order chi connectivity index (χ0) is 17.9. The lowest BCUT2D eigenvalue weighted by atomic mass is 10.1. The van der Waals surface area contributed by atoms with Crippen molar-refractivity contribution in [2.75, 3.05) is 19.6 Å². The number of hydrogen-bond acceptors (Lipinski definition) is 4. The number of halogens is 1. The molecule has 1 amide bonds. The number of benzene rings is 2. The van der Waals surface area contributed by atoms with Crippen LogP contribution in [-0.4, -0.2) is 36.5 Å². The first-order chi connectivity index (χ1) is 12.7. The van der Waals surface area contributed by atoms with Crippen molar-refractivity contribution < 1.29 is 13.9 Å². The smallest absolute Gasteiger partial charge is 0.289 e. The molecule has 1 atom stereocenters. The second-order valence-corrected chi connectivity index (χ2v) is 6.62. The molecule has 0 aliphatic carbocycles. The number of furan rings is 1. The molecule has 1 saturated heterocycles. The maximum absolute atomic E-state index is 12.6. The summed E-state index contributed by atoms with van der Waals surface area (Å²) in [5.41, 5.74) is 0. The molecule has 4 rings (SSSR count). The van der Waals surface area contributed by atoms with E-state index >= 15 is 0 Å². The summed E-state index contributed by atoms with van der Waals surface area (Å²) in [7, 11) is 0. The second-order valence-electron chi connectivity index (χ2n) is 6.62. The number of carbonyl (C=O) groups excluding carboxylic acids is 1. The van der Waals surface area contributed by atoms with Crippen LogP contribution in [0.5, 0.6) is 5.75 Å². The van der Waals surface area contributed by atoms with Crippen LogP contribution in [-0.2, 0) is 6.61 Å². The molecule has 0 spiro atoms. The lowest BCUT2D eigenvalue weighted by Gasteiger charge is -2.33. The number of hydrogen-bond donors (Lipinski definition) is 1. The fourth-order valence-corrected chi connectivity index (χ4v) is 3.27. The van der Waals surface area contributed by atoms with E-state index < -0.39 is 0 Å². The number of amides is 1. The zero-order valence-electron chi connectivity index (χ0n) is 15.2. The van der Waals surface area contributed by atoms with Crippen LogP contribution in [0.2, 0.25) is 0 Å². The fourth-order valence-electron chi connectivity index (χ4n) is 3.27. The molecule has 1 unspecified atom stereocenters. The maximum Gasteiger partial charge on any atom is 0.289 e. The molecule has 3 aromatic rings. The minimum Gasteiger partial charge on any atom is -0.486 e. The largest absolute Gasteiger partial charge is 0.486 e. The van der Waals surface area contributed by atoms with Gasteiger partial charge in [-0.05, 0) is 42.0 Å². The lowest BCUT2D eigenvalue weighted by Crippen LogP contribution is -2.52. The Labute approximate surface area is 164 Å². The maximum atomic E-state index is 12.6. The van der Waals surface area contributed by atoms with Gasteiger partial charge in [0.2, 0.25) is 0 Å². The molecule has 2 aromatic carbocycles. The van der Waals surface area contributed by atoms with Crippen LogP contribution < -0.4 is 10.1 Å². The van der Waals surface area contributed by atoms with Gasteiger partial charge in [0.05, 0.1) is 0 Å². The van der Waals surface area contributed by atoms with Crippen LogP contribution in [0, 0.1) is 0 Å². The van der Waals surface area contributed by atoms with Crippen LogP contribution >= 0.6 is 12.4 Å². The summed E-state index contributed by atoms with van der Waals surface area (Å²) in [6.07, 6.45) is 0. The minimum absolute atomic E-state index is 0. The number of fused-ring (bicyclic) bond motifs is 1. The van der Waals surface area contributed by atoms with Crippen LogP contribution in [0.3, 0.4) is 0 Å². The molecule has 5 nitrogen and oxygen atoms in total. The SMILES string of the molecule is CC1CNCCN1C(=O)c1ccc(COc2ccc3ccccc3c2)o1.Cl. The van der Waals surface area contributed by atoms with E-state index in [2.05, 4.69) is 17.4 Å². The molecule has 0 saturated carbocycles. The highest BCUT2D eigenvalue weighted by molar-refractivity contribution is 5.91. The first kappa shape index (κ1) is 19.3. The van der Waals surface area contributed by atoms with Crippen molar-refractivity contribution in [3.8, 4) is 5.75 Å². The van der Waals surface area contributed by atoms with Gasteiger partial charge in [-0.3, -0.25) is 4.79 Å². The topological polar surface area (TPSA) is 54.7 Å². The van der Waals surface area contributed by atoms with Gasteiger partial charge in [0.15, 0.2) is 5.76 Å². The number of piperazine rings is 1. The Balaban J connectivity index is 0.00000210. The van der Waals surface area contributed by atoms with Gasteiger partial charge in [-0.2, -0.15) is 0 Å². The van der Waals surface area contributed by atoms with E-state index in [-0.39, 0.29) is 24.4 Å². The van der Waals surface area contributed by atoms with Crippen molar-refractivity contribution in [1.82, 2.24) is 10.2 Å². The van der Waals surface area contributed by atoms with Gasteiger partial charge in [-0.15, -0.1) is 12.4 Å². The van der Waals surface area contributed by atoms with Gasteiger partial charge in [0.25, 0.3) is 5.91 Å². The van der Waals surface area contributed by atoms with Crippen LogP contribution in [0.1, 0.15) is 23.2 Å². The number of carbonyl (C=O) groups is 1. The second kappa shape index (κ2) is 8.46. The quantitative estimate of drug-likeness (QED) is 0.739. The Morgan fingerprint density at radius 2 is 2.00 bits per heavy atom. The van der Waals surface area contributed by atoms with Crippen molar-refractivity contribution in [2.24, 2.45) is 0 Å². The molecule has 2 heterocycles. The molecular weight excluding hydrogens is 364 g/mol.